The molecule has 0 unspecified atom stereocenters. The molecule has 1 rings (SSSR count). The summed E-state index contributed by atoms with van der Waals surface area (Å²) in [6.07, 6.45) is 0. The summed E-state index contributed by atoms with van der Waals surface area (Å²) in [5.74, 6) is -0.688. The lowest BCUT2D eigenvalue weighted by Crippen LogP contribution is -2.35. The maximum absolute atomic E-state index is 11.8. The molecule has 0 bridgehead atoms. The summed E-state index contributed by atoms with van der Waals surface area (Å²) in [7, 11) is 1.30. The number of esters is 1. The Balaban J connectivity index is 2.62. The number of hydrogen-bond acceptors (Lipinski definition) is 6. The molecule has 1 aromatic heterocycles. The molecule has 0 saturated heterocycles. The summed E-state index contributed by atoms with van der Waals surface area (Å²) in [6.45, 7) is 3.20. The van der Waals surface area contributed by atoms with E-state index in [2.05, 4.69) is 10.1 Å². The van der Waals surface area contributed by atoms with Crippen LogP contribution in [0.25, 0.3) is 0 Å². The van der Waals surface area contributed by atoms with E-state index in [4.69, 9.17) is 5.11 Å². The first kappa shape index (κ1) is 15.6. The number of aliphatic hydroxyl groups is 1. The molecule has 0 atom stereocenters. The van der Waals surface area contributed by atoms with E-state index in [1.54, 1.807) is 16.3 Å². The van der Waals surface area contributed by atoms with Crippen molar-refractivity contribution < 1.29 is 19.4 Å². The first-order valence-electron chi connectivity index (χ1n) is 5.91. The van der Waals surface area contributed by atoms with Gasteiger partial charge in [0.2, 0.25) is 5.91 Å². The van der Waals surface area contributed by atoms with Crippen molar-refractivity contribution in [1.82, 2.24) is 4.90 Å². The summed E-state index contributed by atoms with van der Waals surface area (Å²) in [6, 6.07) is 1.66. The fraction of sp³-hybridized carbons (Fsp3) is 0.500. The van der Waals surface area contributed by atoms with Gasteiger partial charge in [0.15, 0.2) is 0 Å². The Bertz CT molecular complexity index is 433. The Hall–Kier alpha value is -1.44. The average Bonchev–Trinajstić information content (AvgIpc) is 2.85. The number of aliphatic hydroxyl groups excluding tert-OH is 1. The number of likely N-dealkylation sites (N-methyl/N-ethyl adjacent to an activating group) is 1. The predicted molar refractivity (Wildman–Crippen MR) is 73.5 cm³/mol. The molecule has 0 saturated carbocycles. The van der Waals surface area contributed by atoms with Gasteiger partial charge in [-0.3, -0.25) is 9.69 Å². The van der Waals surface area contributed by atoms with Gasteiger partial charge in [0.1, 0.15) is 4.88 Å². The van der Waals surface area contributed by atoms with E-state index >= 15 is 0 Å². The third-order valence-corrected chi connectivity index (χ3v) is 3.44. The van der Waals surface area contributed by atoms with E-state index in [0.29, 0.717) is 23.7 Å². The molecule has 0 fully saturated rings. The highest BCUT2D eigenvalue weighted by Gasteiger charge is 2.16. The first-order chi connectivity index (χ1) is 9.12. The van der Waals surface area contributed by atoms with Gasteiger partial charge in [0.05, 0.1) is 25.9 Å². The number of nitrogens with zero attached hydrogens (tertiary/aromatic N) is 1. The summed E-state index contributed by atoms with van der Waals surface area (Å²) < 4.78 is 4.63. The van der Waals surface area contributed by atoms with Crippen LogP contribution >= 0.6 is 11.3 Å². The fourth-order valence-corrected chi connectivity index (χ4v) is 2.31. The van der Waals surface area contributed by atoms with Gasteiger partial charge >= 0.3 is 5.97 Å². The van der Waals surface area contributed by atoms with Crippen molar-refractivity contribution in [1.29, 1.82) is 0 Å². The number of nitrogens with one attached hydrogen (secondary N) is 1. The van der Waals surface area contributed by atoms with Crippen molar-refractivity contribution in [3.8, 4) is 0 Å². The largest absolute Gasteiger partial charge is 0.465 e. The molecule has 0 aliphatic heterocycles. The number of methoxy groups -OCH3 is 1. The van der Waals surface area contributed by atoms with Crippen LogP contribution in [0, 0.1) is 0 Å². The Kier molecular flexibility index (Phi) is 6.48. The zero-order chi connectivity index (χ0) is 14.3. The van der Waals surface area contributed by atoms with Gasteiger partial charge in [0.25, 0.3) is 0 Å². The van der Waals surface area contributed by atoms with Gasteiger partial charge in [-0.25, -0.2) is 4.79 Å². The number of amides is 1. The molecule has 1 amide bonds. The summed E-state index contributed by atoms with van der Waals surface area (Å²) in [5.41, 5.74) is 0.460. The van der Waals surface area contributed by atoms with Crippen molar-refractivity contribution in [2.45, 2.75) is 6.92 Å². The number of anilines is 1. The normalized spacial score (nSPS) is 10.5. The zero-order valence-corrected chi connectivity index (χ0v) is 11.8. The molecule has 0 aliphatic carbocycles. The molecular formula is C12H18N2O4S. The lowest BCUT2D eigenvalue weighted by Gasteiger charge is -2.18. The molecule has 2 N–H and O–H groups in total. The number of thiophene rings is 1. The predicted octanol–water partition coefficient (Wildman–Crippen LogP) is 0.787. The Morgan fingerprint density at radius 3 is 2.84 bits per heavy atom. The maximum atomic E-state index is 11.8. The zero-order valence-electron chi connectivity index (χ0n) is 11.0. The molecule has 0 radical (unpaired) electrons. The molecule has 1 heterocycles. The van der Waals surface area contributed by atoms with Crippen LogP contribution in [0.2, 0.25) is 0 Å². The van der Waals surface area contributed by atoms with Crippen molar-refractivity contribution in [3.05, 3.63) is 16.3 Å². The average molecular weight is 286 g/mol. The standard InChI is InChI=1S/C12H18N2O4S/c1-3-14(5-6-15)8-10(16)13-9-4-7-19-11(9)12(17)18-2/h4,7,15H,3,5-6,8H2,1-2H3,(H,13,16). The molecular weight excluding hydrogens is 268 g/mol. The minimum atomic E-state index is -0.465. The van der Waals surface area contributed by atoms with Gasteiger partial charge in [-0.2, -0.15) is 0 Å². The maximum Gasteiger partial charge on any atom is 0.350 e. The van der Waals surface area contributed by atoms with Crippen LogP contribution in [0.1, 0.15) is 16.6 Å². The highest BCUT2D eigenvalue weighted by Crippen LogP contribution is 2.22. The summed E-state index contributed by atoms with van der Waals surface area (Å²) in [5, 5.41) is 13.2. The molecule has 6 nitrogen and oxygen atoms in total. The van der Waals surface area contributed by atoms with Crippen LogP contribution in [0.4, 0.5) is 5.69 Å². The second-order valence-corrected chi connectivity index (χ2v) is 4.71. The van der Waals surface area contributed by atoms with Crippen LogP contribution in [0.15, 0.2) is 11.4 Å². The second-order valence-electron chi connectivity index (χ2n) is 3.80. The van der Waals surface area contributed by atoms with E-state index in [9.17, 15) is 9.59 Å². The van der Waals surface area contributed by atoms with Gasteiger partial charge in [-0.15, -0.1) is 11.3 Å². The molecule has 1 aromatic rings. The van der Waals surface area contributed by atoms with Crippen molar-refractivity contribution >= 4 is 28.9 Å². The highest BCUT2D eigenvalue weighted by molar-refractivity contribution is 7.12. The van der Waals surface area contributed by atoms with Crippen molar-refractivity contribution in [3.63, 3.8) is 0 Å². The molecule has 106 valence electrons. The van der Waals surface area contributed by atoms with E-state index in [1.165, 1.54) is 18.4 Å². The summed E-state index contributed by atoms with van der Waals surface area (Å²) in [4.78, 5) is 25.5. The number of rotatable bonds is 7. The minimum Gasteiger partial charge on any atom is -0.465 e. The van der Waals surface area contributed by atoms with Crippen LogP contribution < -0.4 is 5.32 Å². The molecule has 19 heavy (non-hydrogen) atoms. The van der Waals surface area contributed by atoms with Crippen LogP contribution in [0.5, 0.6) is 0 Å². The molecule has 0 aliphatic rings. The second kappa shape index (κ2) is 7.88. The minimum absolute atomic E-state index is 0.00693. The van der Waals surface area contributed by atoms with E-state index < -0.39 is 5.97 Å². The summed E-state index contributed by atoms with van der Waals surface area (Å²) >= 11 is 1.22. The van der Waals surface area contributed by atoms with E-state index in [1.807, 2.05) is 6.92 Å². The van der Waals surface area contributed by atoms with Gasteiger partial charge in [0, 0.05) is 6.54 Å². The number of ether oxygens (including phenoxy) is 1. The number of carbonyl (C=O) groups is 2. The van der Waals surface area contributed by atoms with Gasteiger partial charge in [-0.05, 0) is 18.0 Å². The van der Waals surface area contributed by atoms with Crippen molar-refractivity contribution in [2.24, 2.45) is 0 Å². The lowest BCUT2D eigenvalue weighted by molar-refractivity contribution is -0.117. The quantitative estimate of drug-likeness (QED) is 0.724. The monoisotopic (exact) mass is 286 g/mol. The first-order valence-corrected chi connectivity index (χ1v) is 6.79. The SMILES string of the molecule is CCN(CCO)CC(=O)Nc1ccsc1C(=O)OC. The lowest BCUT2D eigenvalue weighted by atomic mass is 10.3. The fourth-order valence-electron chi connectivity index (χ4n) is 1.54. The Labute approximate surface area is 116 Å². The number of hydrogen-bond donors (Lipinski definition) is 2. The molecule has 0 aromatic carbocycles. The van der Waals surface area contributed by atoms with Crippen LogP contribution in [-0.2, 0) is 9.53 Å². The third-order valence-electron chi connectivity index (χ3n) is 2.54. The topological polar surface area (TPSA) is 78.9 Å². The van der Waals surface area contributed by atoms with Gasteiger partial charge < -0.3 is 15.2 Å². The van der Waals surface area contributed by atoms with Crippen LogP contribution in [0.3, 0.4) is 0 Å². The Morgan fingerprint density at radius 2 is 2.26 bits per heavy atom. The van der Waals surface area contributed by atoms with Crippen LogP contribution in [-0.4, -0.2) is 55.2 Å². The third kappa shape index (κ3) is 4.62. The van der Waals surface area contributed by atoms with Crippen molar-refractivity contribution in [2.75, 3.05) is 38.7 Å². The molecule has 7 heteroatoms. The highest BCUT2D eigenvalue weighted by atomic mass is 32.1. The Morgan fingerprint density at radius 1 is 1.53 bits per heavy atom. The smallest absolute Gasteiger partial charge is 0.350 e. The van der Waals surface area contributed by atoms with E-state index in [0.717, 1.165) is 0 Å². The van der Waals surface area contributed by atoms with Gasteiger partial charge in [-0.1, -0.05) is 6.92 Å². The van der Waals surface area contributed by atoms with E-state index in [-0.39, 0.29) is 19.1 Å². The number of carbonyl (C=O) groups excluding carboxylic acids is 2. The molecule has 0 spiro atoms.